The largest absolute Gasteiger partial charge is 0.198 e. The van der Waals surface area contributed by atoms with Gasteiger partial charge in [0.2, 0.25) is 0 Å². The molecule has 0 spiro atoms. The lowest BCUT2D eigenvalue weighted by atomic mass is 9.69. The molecule has 1 aromatic carbocycles. The molecule has 0 amide bonds. The molecule has 1 saturated carbocycles. The van der Waals surface area contributed by atoms with Crippen molar-refractivity contribution in [1.82, 2.24) is 0 Å². The van der Waals surface area contributed by atoms with Crippen LogP contribution in [-0.2, 0) is 6.42 Å². The van der Waals surface area contributed by atoms with Gasteiger partial charge in [-0.2, -0.15) is 5.26 Å². The van der Waals surface area contributed by atoms with E-state index < -0.39 is 0 Å². The Kier molecular flexibility index (Phi) is 3.97. The fourth-order valence-corrected chi connectivity index (χ4v) is 3.11. The fraction of sp³-hybridized carbons (Fsp3) is 0.562. The van der Waals surface area contributed by atoms with Gasteiger partial charge in [-0.1, -0.05) is 30.7 Å². The molecule has 0 aromatic heterocycles. The van der Waals surface area contributed by atoms with Crippen LogP contribution in [0.2, 0.25) is 5.02 Å². The van der Waals surface area contributed by atoms with Gasteiger partial charge in [-0.15, -0.1) is 0 Å². The van der Waals surface area contributed by atoms with Crippen molar-refractivity contribution >= 4 is 11.6 Å². The minimum atomic E-state index is -0.189. The van der Waals surface area contributed by atoms with Crippen molar-refractivity contribution < 1.29 is 0 Å². The number of benzene rings is 1. The van der Waals surface area contributed by atoms with Crippen LogP contribution in [0.5, 0.6) is 0 Å². The Morgan fingerprint density at radius 1 is 1.39 bits per heavy atom. The zero-order valence-corrected chi connectivity index (χ0v) is 11.9. The summed E-state index contributed by atoms with van der Waals surface area (Å²) < 4.78 is 0. The molecule has 1 fully saturated rings. The molecule has 1 aliphatic carbocycles. The van der Waals surface area contributed by atoms with Crippen LogP contribution in [0.4, 0.5) is 0 Å². The highest BCUT2D eigenvalue weighted by Crippen LogP contribution is 2.41. The predicted molar refractivity (Wildman–Crippen MR) is 75.6 cm³/mol. The molecular formula is C16H20ClN. The van der Waals surface area contributed by atoms with E-state index in [1.807, 2.05) is 13.0 Å². The van der Waals surface area contributed by atoms with Gasteiger partial charge in [-0.05, 0) is 62.1 Å². The van der Waals surface area contributed by atoms with Crippen LogP contribution in [-0.4, -0.2) is 0 Å². The highest BCUT2D eigenvalue weighted by molar-refractivity contribution is 6.31. The lowest BCUT2D eigenvalue weighted by Crippen LogP contribution is -2.27. The van der Waals surface area contributed by atoms with E-state index in [0.29, 0.717) is 0 Å². The summed E-state index contributed by atoms with van der Waals surface area (Å²) in [6.45, 7) is 4.32. The highest BCUT2D eigenvalue weighted by atomic mass is 35.5. The SMILES string of the molecule is Cc1ccc(CC2(C#N)CCC(C)CC2)c(Cl)c1. The van der Waals surface area contributed by atoms with E-state index in [1.54, 1.807) is 0 Å². The minimum absolute atomic E-state index is 0.189. The number of nitrogens with zero attached hydrogens (tertiary/aromatic N) is 1. The number of rotatable bonds is 2. The Bertz CT molecular complexity index is 464. The molecule has 2 rings (SSSR count). The molecule has 0 saturated heterocycles. The Labute approximate surface area is 115 Å². The summed E-state index contributed by atoms with van der Waals surface area (Å²) in [7, 11) is 0. The molecule has 2 heteroatoms. The van der Waals surface area contributed by atoms with Crippen LogP contribution >= 0.6 is 11.6 Å². The van der Waals surface area contributed by atoms with Gasteiger partial charge in [-0.3, -0.25) is 0 Å². The first-order chi connectivity index (χ1) is 8.54. The molecule has 1 aliphatic rings. The van der Waals surface area contributed by atoms with Gasteiger partial charge >= 0.3 is 0 Å². The Balaban J connectivity index is 2.18. The topological polar surface area (TPSA) is 23.8 Å². The van der Waals surface area contributed by atoms with Gasteiger partial charge < -0.3 is 0 Å². The van der Waals surface area contributed by atoms with Crippen LogP contribution in [0.1, 0.15) is 43.7 Å². The normalized spacial score (nSPS) is 27.8. The molecule has 0 N–H and O–H groups in total. The molecule has 1 aromatic rings. The van der Waals surface area contributed by atoms with Crippen molar-refractivity contribution in [3.05, 3.63) is 34.3 Å². The smallest absolute Gasteiger partial charge is 0.0693 e. The summed E-state index contributed by atoms with van der Waals surface area (Å²) in [4.78, 5) is 0. The van der Waals surface area contributed by atoms with Gasteiger partial charge in [0.25, 0.3) is 0 Å². The number of halogens is 1. The number of aryl methyl sites for hydroxylation is 1. The third kappa shape index (κ3) is 2.87. The third-order valence-electron chi connectivity index (χ3n) is 4.21. The summed E-state index contributed by atoms with van der Waals surface area (Å²) in [5.74, 6) is 0.764. The standard InChI is InChI=1S/C16H20ClN/c1-12-5-7-16(11-18,8-6-12)10-14-4-3-13(2)9-15(14)17/h3-4,9,12H,5-8,10H2,1-2H3. The predicted octanol–water partition coefficient (Wildman–Crippen LogP) is 4.91. The summed E-state index contributed by atoms with van der Waals surface area (Å²) in [6.07, 6.45) is 5.15. The van der Waals surface area contributed by atoms with Crippen LogP contribution in [0.15, 0.2) is 18.2 Å². The zero-order chi connectivity index (χ0) is 13.2. The number of hydrogen-bond donors (Lipinski definition) is 0. The average molecular weight is 262 g/mol. The molecule has 0 aliphatic heterocycles. The minimum Gasteiger partial charge on any atom is -0.198 e. The molecule has 0 bridgehead atoms. The van der Waals surface area contributed by atoms with Crippen molar-refractivity contribution in [2.45, 2.75) is 46.0 Å². The first-order valence-electron chi connectivity index (χ1n) is 6.71. The van der Waals surface area contributed by atoms with Gasteiger partial charge in [-0.25, -0.2) is 0 Å². The van der Waals surface area contributed by atoms with Gasteiger partial charge in [0.1, 0.15) is 0 Å². The van der Waals surface area contributed by atoms with Gasteiger partial charge in [0, 0.05) is 5.02 Å². The van der Waals surface area contributed by atoms with E-state index >= 15 is 0 Å². The van der Waals surface area contributed by atoms with Crippen molar-refractivity contribution in [3.63, 3.8) is 0 Å². The van der Waals surface area contributed by atoms with Crippen molar-refractivity contribution in [2.24, 2.45) is 11.3 Å². The van der Waals surface area contributed by atoms with Crippen LogP contribution in [0, 0.1) is 29.6 Å². The second-order valence-corrected chi connectivity index (χ2v) is 6.25. The van der Waals surface area contributed by atoms with Crippen molar-refractivity contribution in [1.29, 1.82) is 5.26 Å². The molecule has 0 radical (unpaired) electrons. The van der Waals surface area contributed by atoms with E-state index in [-0.39, 0.29) is 5.41 Å². The maximum absolute atomic E-state index is 9.54. The van der Waals surface area contributed by atoms with Gasteiger partial charge in [0.15, 0.2) is 0 Å². The first kappa shape index (κ1) is 13.4. The molecule has 0 unspecified atom stereocenters. The second kappa shape index (κ2) is 5.33. The molecule has 18 heavy (non-hydrogen) atoms. The Hall–Kier alpha value is -1.00. The summed E-state index contributed by atoms with van der Waals surface area (Å²) in [6, 6.07) is 8.72. The van der Waals surface area contributed by atoms with Gasteiger partial charge in [0.05, 0.1) is 11.5 Å². The second-order valence-electron chi connectivity index (χ2n) is 5.85. The number of nitriles is 1. The van der Waals surface area contributed by atoms with Crippen molar-refractivity contribution in [2.75, 3.05) is 0 Å². The Morgan fingerprint density at radius 3 is 2.61 bits per heavy atom. The Morgan fingerprint density at radius 2 is 2.06 bits per heavy atom. The van der Waals surface area contributed by atoms with E-state index in [1.165, 1.54) is 5.56 Å². The summed E-state index contributed by atoms with van der Waals surface area (Å²) in [5.41, 5.74) is 2.11. The number of hydrogen-bond acceptors (Lipinski definition) is 1. The summed E-state index contributed by atoms with van der Waals surface area (Å²) >= 11 is 6.29. The maximum atomic E-state index is 9.54. The lowest BCUT2D eigenvalue weighted by molar-refractivity contribution is 0.219. The monoisotopic (exact) mass is 261 g/mol. The van der Waals surface area contributed by atoms with Crippen molar-refractivity contribution in [3.8, 4) is 6.07 Å². The molecular weight excluding hydrogens is 242 g/mol. The van der Waals surface area contributed by atoms with E-state index in [4.69, 9.17) is 11.6 Å². The first-order valence-corrected chi connectivity index (χ1v) is 7.09. The lowest BCUT2D eigenvalue weighted by Gasteiger charge is -2.34. The fourth-order valence-electron chi connectivity index (χ4n) is 2.80. The zero-order valence-electron chi connectivity index (χ0n) is 11.2. The van der Waals surface area contributed by atoms with E-state index in [0.717, 1.165) is 48.6 Å². The molecule has 1 nitrogen and oxygen atoms in total. The third-order valence-corrected chi connectivity index (χ3v) is 4.56. The van der Waals surface area contributed by atoms with E-state index in [2.05, 4.69) is 25.1 Å². The quantitative estimate of drug-likeness (QED) is 0.742. The highest BCUT2D eigenvalue weighted by Gasteiger charge is 2.34. The molecule has 0 heterocycles. The van der Waals surface area contributed by atoms with Crippen LogP contribution in [0.25, 0.3) is 0 Å². The van der Waals surface area contributed by atoms with Crippen LogP contribution < -0.4 is 0 Å². The van der Waals surface area contributed by atoms with E-state index in [9.17, 15) is 5.26 Å². The molecule has 96 valence electrons. The maximum Gasteiger partial charge on any atom is 0.0693 e. The van der Waals surface area contributed by atoms with Crippen LogP contribution in [0.3, 0.4) is 0 Å². The summed E-state index contributed by atoms with van der Waals surface area (Å²) in [5, 5.41) is 10.4. The average Bonchev–Trinajstić information content (AvgIpc) is 2.36. The molecule has 0 atom stereocenters.